The number of nitrogens with one attached hydrogen (secondary N) is 1. The monoisotopic (exact) mass is 333 g/mol. The third-order valence-electron chi connectivity index (χ3n) is 4.21. The first-order valence-electron chi connectivity index (χ1n) is 8.10. The molecule has 1 amide bonds. The molecule has 3 aromatic rings. The molecule has 0 unspecified atom stereocenters. The van der Waals surface area contributed by atoms with Gasteiger partial charge in [-0.3, -0.25) is 4.79 Å². The number of fused-ring (bicyclic) bond motifs is 1. The van der Waals surface area contributed by atoms with Crippen LogP contribution in [0.1, 0.15) is 16.1 Å². The van der Waals surface area contributed by atoms with Crippen LogP contribution in [0.4, 0.5) is 21.6 Å². The molecular formula is C20H16FN3O. The van der Waals surface area contributed by atoms with Gasteiger partial charge in [-0.25, -0.2) is 9.37 Å². The molecule has 1 aromatic heterocycles. The Morgan fingerprint density at radius 3 is 2.76 bits per heavy atom. The molecule has 2 heterocycles. The Labute approximate surface area is 144 Å². The van der Waals surface area contributed by atoms with Crippen LogP contribution in [0.25, 0.3) is 0 Å². The minimum Gasteiger partial charge on any atom is -0.326 e. The Hall–Kier alpha value is -3.21. The Morgan fingerprint density at radius 1 is 1.04 bits per heavy atom. The van der Waals surface area contributed by atoms with Crippen molar-refractivity contribution in [2.24, 2.45) is 0 Å². The molecule has 124 valence electrons. The smallest absolute Gasteiger partial charge is 0.274 e. The summed E-state index contributed by atoms with van der Waals surface area (Å²) >= 11 is 0. The highest BCUT2D eigenvalue weighted by molar-refractivity contribution is 6.03. The van der Waals surface area contributed by atoms with Crippen molar-refractivity contribution < 1.29 is 9.18 Å². The lowest BCUT2D eigenvalue weighted by molar-refractivity contribution is 0.102. The van der Waals surface area contributed by atoms with Gasteiger partial charge in [0.25, 0.3) is 5.91 Å². The van der Waals surface area contributed by atoms with Crippen molar-refractivity contribution in [3.8, 4) is 0 Å². The first kappa shape index (κ1) is 15.3. The van der Waals surface area contributed by atoms with Crippen LogP contribution < -0.4 is 10.2 Å². The third kappa shape index (κ3) is 3.08. The first-order chi connectivity index (χ1) is 12.2. The molecular weight excluding hydrogens is 317 g/mol. The number of rotatable bonds is 3. The molecule has 0 bridgehead atoms. The van der Waals surface area contributed by atoms with Gasteiger partial charge in [0.1, 0.15) is 17.3 Å². The molecule has 0 aliphatic carbocycles. The average Bonchev–Trinajstić information content (AvgIpc) is 3.06. The summed E-state index contributed by atoms with van der Waals surface area (Å²) < 4.78 is 13.3. The van der Waals surface area contributed by atoms with Crippen LogP contribution in [-0.4, -0.2) is 17.4 Å². The second-order valence-corrected chi connectivity index (χ2v) is 5.88. The quantitative estimate of drug-likeness (QED) is 0.782. The molecule has 0 spiro atoms. The van der Waals surface area contributed by atoms with Crippen molar-refractivity contribution in [3.63, 3.8) is 0 Å². The van der Waals surface area contributed by atoms with E-state index in [1.54, 1.807) is 18.2 Å². The topological polar surface area (TPSA) is 45.2 Å². The number of hydrogen-bond donors (Lipinski definition) is 1. The van der Waals surface area contributed by atoms with Crippen molar-refractivity contribution >= 4 is 23.1 Å². The van der Waals surface area contributed by atoms with Gasteiger partial charge in [-0.15, -0.1) is 0 Å². The Bertz CT molecular complexity index is 941. The lowest BCUT2D eigenvalue weighted by Gasteiger charge is -2.18. The molecule has 1 N–H and O–H groups in total. The van der Waals surface area contributed by atoms with E-state index in [0.29, 0.717) is 11.4 Å². The minimum absolute atomic E-state index is 0.297. The molecule has 0 saturated heterocycles. The van der Waals surface area contributed by atoms with Crippen LogP contribution in [0.5, 0.6) is 0 Å². The van der Waals surface area contributed by atoms with Crippen LogP contribution in [0.2, 0.25) is 0 Å². The van der Waals surface area contributed by atoms with Gasteiger partial charge < -0.3 is 10.2 Å². The van der Waals surface area contributed by atoms with E-state index in [9.17, 15) is 9.18 Å². The van der Waals surface area contributed by atoms with E-state index in [1.807, 2.05) is 24.3 Å². The normalized spacial score (nSPS) is 12.8. The zero-order valence-corrected chi connectivity index (χ0v) is 13.4. The van der Waals surface area contributed by atoms with Gasteiger partial charge >= 0.3 is 0 Å². The van der Waals surface area contributed by atoms with Crippen LogP contribution in [-0.2, 0) is 6.42 Å². The first-order valence-corrected chi connectivity index (χ1v) is 8.10. The van der Waals surface area contributed by atoms with E-state index in [0.717, 1.165) is 24.5 Å². The molecule has 2 aromatic carbocycles. The summed E-state index contributed by atoms with van der Waals surface area (Å²) in [5, 5.41) is 2.68. The van der Waals surface area contributed by atoms with E-state index in [4.69, 9.17) is 0 Å². The number of hydrogen-bond acceptors (Lipinski definition) is 3. The minimum atomic E-state index is -0.395. The Balaban J connectivity index is 1.59. The number of anilines is 3. The third-order valence-corrected chi connectivity index (χ3v) is 4.21. The van der Waals surface area contributed by atoms with Crippen LogP contribution >= 0.6 is 0 Å². The molecule has 1 aliphatic heterocycles. The number of para-hydroxylation sites is 1. The van der Waals surface area contributed by atoms with Gasteiger partial charge in [0.2, 0.25) is 0 Å². The van der Waals surface area contributed by atoms with Crippen molar-refractivity contribution in [2.45, 2.75) is 6.42 Å². The summed E-state index contributed by atoms with van der Waals surface area (Å²) in [4.78, 5) is 19.0. The number of halogens is 1. The summed E-state index contributed by atoms with van der Waals surface area (Å²) in [6, 6.07) is 19.3. The van der Waals surface area contributed by atoms with Gasteiger partial charge in [0, 0.05) is 17.9 Å². The van der Waals surface area contributed by atoms with Crippen LogP contribution in [0.3, 0.4) is 0 Å². The summed E-state index contributed by atoms with van der Waals surface area (Å²) in [5.41, 5.74) is 3.10. The summed E-state index contributed by atoms with van der Waals surface area (Å²) in [7, 11) is 0. The van der Waals surface area contributed by atoms with Gasteiger partial charge in [-0.1, -0.05) is 30.3 Å². The molecule has 0 fully saturated rings. The fourth-order valence-corrected chi connectivity index (χ4v) is 3.04. The maximum atomic E-state index is 13.3. The lowest BCUT2D eigenvalue weighted by Crippen LogP contribution is -2.18. The number of nitrogens with zero attached hydrogens (tertiary/aromatic N) is 2. The molecule has 0 radical (unpaired) electrons. The summed E-state index contributed by atoms with van der Waals surface area (Å²) in [6.07, 6.45) is 0.956. The number of benzene rings is 2. The Kier molecular flexibility index (Phi) is 3.90. The lowest BCUT2D eigenvalue weighted by atomic mass is 10.2. The SMILES string of the molecule is O=C(Nc1cccc(F)c1)c1cccc(N2CCc3ccccc32)n1. The van der Waals surface area contributed by atoms with E-state index in [2.05, 4.69) is 27.3 Å². The second kappa shape index (κ2) is 6.36. The predicted octanol–water partition coefficient (Wildman–Crippen LogP) is 4.17. The highest BCUT2D eigenvalue weighted by Gasteiger charge is 2.21. The highest BCUT2D eigenvalue weighted by Crippen LogP contribution is 2.33. The zero-order chi connectivity index (χ0) is 17.2. The van der Waals surface area contributed by atoms with E-state index < -0.39 is 5.82 Å². The van der Waals surface area contributed by atoms with Gasteiger partial charge in [-0.2, -0.15) is 0 Å². The summed E-state index contributed by atoms with van der Waals surface area (Å²) in [5.74, 6) is -0.0232. The molecule has 25 heavy (non-hydrogen) atoms. The standard InChI is InChI=1S/C20H16FN3O/c21-15-6-3-7-16(13-15)22-20(25)17-8-4-10-19(23-17)24-12-11-14-5-1-2-9-18(14)24/h1-10,13H,11-12H2,(H,22,25). The zero-order valence-electron chi connectivity index (χ0n) is 13.4. The average molecular weight is 333 g/mol. The van der Waals surface area contributed by atoms with E-state index in [1.165, 1.54) is 17.7 Å². The number of aromatic nitrogens is 1. The predicted molar refractivity (Wildman–Crippen MR) is 95.7 cm³/mol. The van der Waals surface area contributed by atoms with Gasteiger partial charge in [0.15, 0.2) is 0 Å². The van der Waals surface area contributed by atoms with E-state index >= 15 is 0 Å². The number of carbonyl (C=O) groups is 1. The van der Waals surface area contributed by atoms with Crippen molar-refractivity contribution in [2.75, 3.05) is 16.8 Å². The van der Waals surface area contributed by atoms with Gasteiger partial charge in [0.05, 0.1) is 0 Å². The van der Waals surface area contributed by atoms with Crippen LogP contribution in [0, 0.1) is 5.82 Å². The number of carbonyl (C=O) groups excluding carboxylic acids is 1. The molecule has 1 aliphatic rings. The number of pyridine rings is 1. The van der Waals surface area contributed by atoms with Crippen molar-refractivity contribution in [3.05, 3.63) is 83.8 Å². The second-order valence-electron chi connectivity index (χ2n) is 5.88. The highest BCUT2D eigenvalue weighted by atomic mass is 19.1. The molecule has 5 heteroatoms. The number of amides is 1. The molecule has 4 rings (SSSR count). The maximum absolute atomic E-state index is 13.3. The fraction of sp³-hybridized carbons (Fsp3) is 0.100. The Morgan fingerprint density at radius 2 is 1.88 bits per heavy atom. The molecule has 0 atom stereocenters. The fourth-order valence-electron chi connectivity index (χ4n) is 3.04. The van der Waals surface area contributed by atoms with Gasteiger partial charge in [-0.05, 0) is 48.4 Å². The summed E-state index contributed by atoms with van der Waals surface area (Å²) in [6.45, 7) is 0.835. The van der Waals surface area contributed by atoms with Crippen LogP contribution in [0.15, 0.2) is 66.7 Å². The van der Waals surface area contributed by atoms with Crippen molar-refractivity contribution in [1.29, 1.82) is 0 Å². The largest absolute Gasteiger partial charge is 0.326 e. The van der Waals surface area contributed by atoms with E-state index in [-0.39, 0.29) is 5.91 Å². The van der Waals surface area contributed by atoms with Crippen molar-refractivity contribution in [1.82, 2.24) is 4.98 Å². The molecule has 4 nitrogen and oxygen atoms in total. The molecule has 0 saturated carbocycles. The maximum Gasteiger partial charge on any atom is 0.274 e.